The molecule has 0 heterocycles. The summed E-state index contributed by atoms with van der Waals surface area (Å²) in [4.78, 5) is 24.8. The zero-order chi connectivity index (χ0) is 25.5. The van der Waals surface area contributed by atoms with E-state index in [0.29, 0.717) is 27.7 Å². The first kappa shape index (κ1) is 25.8. The van der Waals surface area contributed by atoms with Crippen LogP contribution in [-0.4, -0.2) is 18.4 Å². The maximum absolute atomic E-state index is 12.6. The van der Waals surface area contributed by atoms with E-state index in [1.165, 1.54) is 6.08 Å². The summed E-state index contributed by atoms with van der Waals surface area (Å²) in [6, 6.07) is 17.5. The Labute approximate surface area is 214 Å². The number of ether oxygens (including phenoxy) is 1. The average Bonchev–Trinajstić information content (AvgIpc) is 2.82. The van der Waals surface area contributed by atoms with Gasteiger partial charge < -0.3 is 15.4 Å². The van der Waals surface area contributed by atoms with Crippen molar-refractivity contribution in [3.8, 4) is 11.8 Å². The lowest BCUT2D eigenvalue weighted by Crippen LogP contribution is -2.20. The first-order chi connectivity index (χ1) is 16.7. The summed E-state index contributed by atoms with van der Waals surface area (Å²) in [7, 11) is 0. The van der Waals surface area contributed by atoms with Crippen LogP contribution in [0.4, 0.5) is 11.4 Å². The van der Waals surface area contributed by atoms with E-state index in [9.17, 15) is 14.9 Å². The Balaban J connectivity index is 1.65. The second-order valence-electron chi connectivity index (χ2n) is 7.86. The van der Waals surface area contributed by atoms with Crippen molar-refractivity contribution < 1.29 is 14.3 Å². The molecule has 0 fully saturated rings. The van der Waals surface area contributed by atoms with Crippen molar-refractivity contribution in [2.24, 2.45) is 0 Å². The Morgan fingerprint density at radius 1 is 0.971 bits per heavy atom. The van der Waals surface area contributed by atoms with Crippen molar-refractivity contribution >= 4 is 52.5 Å². The summed E-state index contributed by atoms with van der Waals surface area (Å²) in [5.74, 6) is -0.607. The highest BCUT2D eigenvalue weighted by Gasteiger charge is 2.13. The van der Waals surface area contributed by atoms with Crippen LogP contribution in [0, 0.1) is 32.1 Å². The summed E-state index contributed by atoms with van der Waals surface area (Å²) in [6.07, 6.45) is 1.43. The fraction of sp³-hybridized carbons (Fsp3) is 0.148. The molecule has 0 saturated heterocycles. The van der Waals surface area contributed by atoms with Gasteiger partial charge >= 0.3 is 0 Å². The fourth-order valence-corrected chi connectivity index (χ4v) is 3.55. The van der Waals surface area contributed by atoms with E-state index < -0.39 is 5.91 Å². The third kappa shape index (κ3) is 6.86. The molecule has 6 nitrogen and oxygen atoms in total. The van der Waals surface area contributed by atoms with Gasteiger partial charge in [0.05, 0.1) is 5.02 Å². The third-order valence-electron chi connectivity index (χ3n) is 5.30. The summed E-state index contributed by atoms with van der Waals surface area (Å²) in [6.45, 7) is 5.45. The van der Waals surface area contributed by atoms with Gasteiger partial charge in [0.1, 0.15) is 17.4 Å². The maximum atomic E-state index is 12.6. The van der Waals surface area contributed by atoms with E-state index in [1.54, 1.807) is 42.5 Å². The van der Waals surface area contributed by atoms with E-state index in [-0.39, 0.29) is 23.1 Å². The van der Waals surface area contributed by atoms with Crippen molar-refractivity contribution in [2.45, 2.75) is 20.8 Å². The molecule has 35 heavy (non-hydrogen) atoms. The second-order valence-corrected chi connectivity index (χ2v) is 8.68. The molecule has 0 aliphatic heterocycles. The van der Waals surface area contributed by atoms with Crippen LogP contribution in [0.2, 0.25) is 10.0 Å². The predicted molar refractivity (Wildman–Crippen MR) is 140 cm³/mol. The minimum Gasteiger partial charge on any atom is -0.482 e. The SMILES string of the molecule is Cc1ccc(NC(=O)COc2ccc(/C=C(/C#N)C(=O)Nc3cccc(C)c3C)cc2Cl)cc1Cl. The van der Waals surface area contributed by atoms with Gasteiger partial charge in [-0.1, -0.05) is 47.5 Å². The quantitative estimate of drug-likeness (QED) is 0.282. The van der Waals surface area contributed by atoms with E-state index >= 15 is 0 Å². The molecule has 3 aromatic carbocycles. The predicted octanol–water partition coefficient (Wildman–Crippen LogP) is 6.48. The minimum absolute atomic E-state index is 0.0771. The molecule has 2 amide bonds. The molecule has 3 rings (SSSR count). The van der Waals surface area contributed by atoms with Crippen LogP contribution < -0.4 is 15.4 Å². The first-order valence-corrected chi connectivity index (χ1v) is 11.4. The Kier molecular flexibility index (Phi) is 8.53. The number of hydrogen-bond acceptors (Lipinski definition) is 4. The molecular weight excluding hydrogens is 485 g/mol. The van der Waals surface area contributed by atoms with Crippen LogP contribution in [0.25, 0.3) is 6.08 Å². The molecule has 178 valence electrons. The smallest absolute Gasteiger partial charge is 0.266 e. The standard InChI is InChI=1S/C27H23Cl2N3O3/c1-16-5-4-6-24(18(16)3)32-27(34)20(14-30)11-19-8-10-25(23(29)12-19)35-15-26(33)31-21-9-7-17(2)22(28)13-21/h4-13H,15H2,1-3H3,(H,31,33)(H,32,34)/b20-11-. The number of carbonyl (C=O) groups excluding carboxylic acids is 2. The lowest BCUT2D eigenvalue weighted by molar-refractivity contribution is -0.118. The number of nitriles is 1. The average molecular weight is 508 g/mol. The third-order valence-corrected chi connectivity index (χ3v) is 6.00. The number of rotatable bonds is 7. The molecule has 0 saturated carbocycles. The largest absolute Gasteiger partial charge is 0.482 e. The van der Waals surface area contributed by atoms with Gasteiger partial charge in [0.15, 0.2) is 6.61 Å². The fourth-order valence-electron chi connectivity index (χ4n) is 3.13. The molecule has 0 bridgehead atoms. The molecule has 0 aliphatic carbocycles. The van der Waals surface area contributed by atoms with Gasteiger partial charge in [0.2, 0.25) is 0 Å². The van der Waals surface area contributed by atoms with E-state index in [4.69, 9.17) is 27.9 Å². The Morgan fingerprint density at radius 3 is 2.43 bits per heavy atom. The number of benzene rings is 3. The lowest BCUT2D eigenvalue weighted by atomic mass is 10.1. The summed E-state index contributed by atoms with van der Waals surface area (Å²) >= 11 is 12.4. The van der Waals surface area contributed by atoms with Crippen molar-refractivity contribution in [3.05, 3.63) is 92.5 Å². The molecule has 0 spiro atoms. The van der Waals surface area contributed by atoms with E-state index in [2.05, 4.69) is 10.6 Å². The number of anilines is 2. The Hall–Kier alpha value is -3.79. The van der Waals surface area contributed by atoms with Gasteiger partial charge in [-0.15, -0.1) is 0 Å². The number of aryl methyl sites for hydroxylation is 2. The van der Waals surface area contributed by atoms with E-state index in [1.807, 2.05) is 39.0 Å². The van der Waals surface area contributed by atoms with Crippen molar-refractivity contribution in [1.82, 2.24) is 0 Å². The van der Waals surface area contributed by atoms with Crippen LogP contribution in [-0.2, 0) is 9.59 Å². The van der Waals surface area contributed by atoms with Crippen LogP contribution in [0.1, 0.15) is 22.3 Å². The number of nitrogens with zero attached hydrogens (tertiary/aromatic N) is 1. The molecule has 2 N–H and O–H groups in total. The van der Waals surface area contributed by atoms with Gasteiger partial charge in [-0.2, -0.15) is 5.26 Å². The van der Waals surface area contributed by atoms with Crippen LogP contribution in [0.3, 0.4) is 0 Å². The highest BCUT2D eigenvalue weighted by atomic mass is 35.5. The highest BCUT2D eigenvalue weighted by Crippen LogP contribution is 2.27. The van der Waals surface area contributed by atoms with Gasteiger partial charge in [0, 0.05) is 16.4 Å². The molecule has 0 unspecified atom stereocenters. The van der Waals surface area contributed by atoms with Crippen molar-refractivity contribution in [1.29, 1.82) is 5.26 Å². The van der Waals surface area contributed by atoms with Crippen LogP contribution in [0.15, 0.2) is 60.2 Å². The minimum atomic E-state index is -0.523. The maximum Gasteiger partial charge on any atom is 0.266 e. The van der Waals surface area contributed by atoms with Crippen molar-refractivity contribution in [3.63, 3.8) is 0 Å². The second kappa shape index (κ2) is 11.6. The lowest BCUT2D eigenvalue weighted by Gasteiger charge is -2.11. The first-order valence-electron chi connectivity index (χ1n) is 10.7. The van der Waals surface area contributed by atoms with E-state index in [0.717, 1.165) is 16.7 Å². The molecule has 0 aromatic heterocycles. The number of amides is 2. The van der Waals surface area contributed by atoms with Gasteiger partial charge in [-0.3, -0.25) is 9.59 Å². The summed E-state index contributed by atoms with van der Waals surface area (Å²) in [5, 5.41) is 15.7. The molecular formula is C27H23Cl2N3O3. The zero-order valence-corrected chi connectivity index (χ0v) is 20.9. The number of halogens is 2. The van der Waals surface area contributed by atoms with Crippen molar-refractivity contribution in [2.75, 3.05) is 17.2 Å². The Bertz CT molecular complexity index is 1360. The van der Waals surface area contributed by atoms with Gasteiger partial charge in [0.25, 0.3) is 11.8 Å². The molecule has 3 aromatic rings. The molecule has 0 aliphatic rings. The van der Waals surface area contributed by atoms with Crippen LogP contribution in [0.5, 0.6) is 5.75 Å². The Morgan fingerprint density at radius 2 is 1.74 bits per heavy atom. The number of carbonyl (C=O) groups is 2. The topological polar surface area (TPSA) is 91.2 Å². The highest BCUT2D eigenvalue weighted by molar-refractivity contribution is 6.32. The zero-order valence-electron chi connectivity index (χ0n) is 19.4. The van der Waals surface area contributed by atoms with Crippen LogP contribution >= 0.6 is 23.2 Å². The molecule has 8 heteroatoms. The number of hydrogen-bond donors (Lipinski definition) is 2. The van der Waals surface area contributed by atoms with Gasteiger partial charge in [-0.25, -0.2) is 0 Å². The van der Waals surface area contributed by atoms with Gasteiger partial charge in [-0.05, 0) is 79.4 Å². The normalized spacial score (nSPS) is 10.9. The summed E-state index contributed by atoms with van der Waals surface area (Å²) in [5.41, 5.74) is 4.53. The summed E-state index contributed by atoms with van der Waals surface area (Å²) < 4.78 is 5.52. The molecule has 0 radical (unpaired) electrons. The monoisotopic (exact) mass is 507 g/mol. The molecule has 0 atom stereocenters. The number of nitrogens with one attached hydrogen (secondary N) is 2.